The summed E-state index contributed by atoms with van der Waals surface area (Å²) >= 11 is 0. The van der Waals surface area contributed by atoms with Gasteiger partial charge in [-0.25, -0.2) is 0 Å². The molecule has 2 aliphatic heterocycles. The van der Waals surface area contributed by atoms with Crippen LogP contribution in [0.2, 0.25) is 0 Å². The van der Waals surface area contributed by atoms with Crippen molar-refractivity contribution in [2.45, 2.75) is 70.5 Å². The molecular weight excluding hydrogens is 254 g/mol. The normalized spacial score (nSPS) is 30.9. The molecular formula is C15H27N3O2. The molecule has 0 bridgehead atoms. The molecule has 20 heavy (non-hydrogen) atoms. The summed E-state index contributed by atoms with van der Waals surface area (Å²) < 4.78 is 0. The van der Waals surface area contributed by atoms with E-state index >= 15 is 0 Å². The van der Waals surface area contributed by atoms with Crippen LogP contribution < -0.4 is 10.6 Å². The molecule has 0 aromatic heterocycles. The molecule has 0 aliphatic carbocycles. The number of amides is 2. The lowest BCUT2D eigenvalue weighted by atomic mass is 9.97. The van der Waals surface area contributed by atoms with Gasteiger partial charge in [-0.3, -0.25) is 9.59 Å². The fraction of sp³-hybridized carbons (Fsp3) is 0.867. The number of nitrogens with one attached hydrogen (secondary N) is 2. The summed E-state index contributed by atoms with van der Waals surface area (Å²) in [5.74, 6) is 0.147. The van der Waals surface area contributed by atoms with Gasteiger partial charge in [0.2, 0.25) is 11.8 Å². The van der Waals surface area contributed by atoms with Crippen molar-refractivity contribution in [1.29, 1.82) is 0 Å². The third-order valence-corrected chi connectivity index (χ3v) is 4.40. The highest BCUT2D eigenvalue weighted by Crippen LogP contribution is 2.19. The van der Waals surface area contributed by atoms with Gasteiger partial charge in [-0.2, -0.15) is 0 Å². The smallest absolute Gasteiger partial charge is 0.243 e. The van der Waals surface area contributed by atoms with Crippen LogP contribution in [0.15, 0.2) is 0 Å². The van der Waals surface area contributed by atoms with Gasteiger partial charge in [-0.1, -0.05) is 6.92 Å². The fourth-order valence-corrected chi connectivity index (χ4v) is 3.27. The van der Waals surface area contributed by atoms with Crippen molar-refractivity contribution in [3.05, 3.63) is 0 Å². The van der Waals surface area contributed by atoms with E-state index in [4.69, 9.17) is 0 Å². The van der Waals surface area contributed by atoms with Crippen LogP contribution in [0.3, 0.4) is 0 Å². The molecule has 5 heteroatoms. The average molecular weight is 281 g/mol. The van der Waals surface area contributed by atoms with Crippen LogP contribution in [-0.2, 0) is 9.59 Å². The molecule has 0 saturated carbocycles. The van der Waals surface area contributed by atoms with Crippen LogP contribution in [0.4, 0.5) is 0 Å². The molecule has 2 rings (SSSR count). The zero-order valence-corrected chi connectivity index (χ0v) is 12.7. The Hall–Kier alpha value is -1.10. The predicted octanol–water partition coefficient (Wildman–Crippen LogP) is 1.03. The minimum absolute atomic E-state index is 0.0469. The summed E-state index contributed by atoms with van der Waals surface area (Å²) in [6.07, 6.45) is 5.28. The van der Waals surface area contributed by atoms with Gasteiger partial charge >= 0.3 is 0 Å². The van der Waals surface area contributed by atoms with Crippen molar-refractivity contribution >= 4 is 11.8 Å². The zero-order chi connectivity index (χ0) is 14.5. The summed E-state index contributed by atoms with van der Waals surface area (Å²) in [6, 6.07) is 0.453. The van der Waals surface area contributed by atoms with Crippen LogP contribution in [0.5, 0.6) is 0 Å². The molecule has 114 valence electrons. The van der Waals surface area contributed by atoms with Gasteiger partial charge in [-0.15, -0.1) is 0 Å². The maximum Gasteiger partial charge on any atom is 0.243 e. The highest BCUT2D eigenvalue weighted by atomic mass is 16.2. The first-order valence-electron chi connectivity index (χ1n) is 7.95. The molecule has 0 aromatic carbocycles. The number of likely N-dealkylation sites (tertiary alicyclic amines) is 1. The molecule has 2 amide bonds. The standard InChI is InChI=1S/C15H27N3O2/c1-3-14(19)18-9-5-4-6-13(18)15(20)17-12-7-8-16-11(2)10-12/h11-13,16H,3-10H2,1-2H3,(H,17,20). The van der Waals surface area contributed by atoms with E-state index in [1.165, 1.54) is 0 Å². The molecule has 0 spiro atoms. The highest BCUT2D eigenvalue weighted by Gasteiger charge is 2.32. The van der Waals surface area contributed by atoms with E-state index in [0.29, 0.717) is 12.5 Å². The number of rotatable bonds is 3. The largest absolute Gasteiger partial charge is 0.351 e. The third kappa shape index (κ3) is 3.72. The van der Waals surface area contributed by atoms with Crippen molar-refractivity contribution in [1.82, 2.24) is 15.5 Å². The summed E-state index contributed by atoms with van der Waals surface area (Å²) in [4.78, 5) is 26.2. The van der Waals surface area contributed by atoms with Crippen molar-refractivity contribution in [3.63, 3.8) is 0 Å². The van der Waals surface area contributed by atoms with Crippen LogP contribution in [0.1, 0.15) is 52.4 Å². The number of carbonyl (C=O) groups excluding carboxylic acids is 2. The summed E-state index contributed by atoms with van der Waals surface area (Å²) in [7, 11) is 0. The molecule has 2 N–H and O–H groups in total. The first kappa shape index (κ1) is 15.3. The topological polar surface area (TPSA) is 61.4 Å². The molecule has 3 unspecified atom stereocenters. The first-order valence-corrected chi connectivity index (χ1v) is 7.95. The second-order valence-corrected chi connectivity index (χ2v) is 6.04. The quantitative estimate of drug-likeness (QED) is 0.812. The van der Waals surface area contributed by atoms with E-state index in [1.54, 1.807) is 4.90 Å². The van der Waals surface area contributed by atoms with E-state index in [-0.39, 0.29) is 23.9 Å². The Morgan fingerprint density at radius 2 is 2.10 bits per heavy atom. The molecule has 0 radical (unpaired) electrons. The first-order chi connectivity index (χ1) is 9.61. The minimum Gasteiger partial charge on any atom is -0.351 e. The second kappa shape index (κ2) is 7.07. The van der Waals surface area contributed by atoms with Crippen LogP contribution >= 0.6 is 0 Å². The molecule has 2 fully saturated rings. The maximum atomic E-state index is 12.5. The van der Waals surface area contributed by atoms with Crippen molar-refractivity contribution < 1.29 is 9.59 Å². The Morgan fingerprint density at radius 1 is 1.30 bits per heavy atom. The lowest BCUT2D eigenvalue weighted by Crippen LogP contribution is -2.55. The second-order valence-electron chi connectivity index (χ2n) is 6.04. The van der Waals surface area contributed by atoms with Crippen LogP contribution in [-0.4, -0.2) is 47.9 Å². The lowest BCUT2D eigenvalue weighted by molar-refractivity contribution is -0.142. The Morgan fingerprint density at radius 3 is 2.80 bits per heavy atom. The van der Waals surface area contributed by atoms with E-state index in [1.807, 2.05) is 6.92 Å². The van der Waals surface area contributed by atoms with Crippen molar-refractivity contribution in [3.8, 4) is 0 Å². The number of piperidine rings is 2. The summed E-state index contributed by atoms with van der Waals surface area (Å²) in [5, 5.41) is 6.54. The Labute approximate surface area is 121 Å². The molecule has 2 saturated heterocycles. The number of nitrogens with zero attached hydrogens (tertiary/aromatic N) is 1. The van der Waals surface area contributed by atoms with E-state index in [0.717, 1.165) is 45.2 Å². The van der Waals surface area contributed by atoms with Gasteiger partial charge in [0.05, 0.1) is 0 Å². The Kier molecular flexibility index (Phi) is 5.40. The monoisotopic (exact) mass is 281 g/mol. The van der Waals surface area contributed by atoms with E-state index in [2.05, 4.69) is 17.6 Å². The summed E-state index contributed by atoms with van der Waals surface area (Å²) in [5.41, 5.74) is 0. The SMILES string of the molecule is CCC(=O)N1CCCCC1C(=O)NC1CCNC(C)C1. The lowest BCUT2D eigenvalue weighted by Gasteiger charge is -2.36. The highest BCUT2D eigenvalue weighted by molar-refractivity contribution is 5.88. The van der Waals surface area contributed by atoms with Gasteiger partial charge in [0.25, 0.3) is 0 Å². The third-order valence-electron chi connectivity index (χ3n) is 4.40. The van der Waals surface area contributed by atoms with E-state index in [9.17, 15) is 9.59 Å². The van der Waals surface area contributed by atoms with Gasteiger partial charge in [-0.05, 0) is 45.6 Å². The fourth-order valence-electron chi connectivity index (χ4n) is 3.27. The minimum atomic E-state index is -0.249. The molecule has 2 heterocycles. The number of carbonyl (C=O) groups is 2. The van der Waals surface area contributed by atoms with Crippen molar-refractivity contribution in [2.24, 2.45) is 0 Å². The van der Waals surface area contributed by atoms with Crippen molar-refractivity contribution in [2.75, 3.05) is 13.1 Å². The zero-order valence-electron chi connectivity index (χ0n) is 12.7. The van der Waals surface area contributed by atoms with E-state index < -0.39 is 0 Å². The molecule has 5 nitrogen and oxygen atoms in total. The maximum absolute atomic E-state index is 12.5. The van der Waals surface area contributed by atoms with Gasteiger partial charge in [0, 0.05) is 25.0 Å². The van der Waals surface area contributed by atoms with Crippen LogP contribution in [0, 0.1) is 0 Å². The molecule has 0 aromatic rings. The Bertz CT molecular complexity index is 359. The molecule has 3 atom stereocenters. The van der Waals surface area contributed by atoms with Gasteiger partial charge in [0.15, 0.2) is 0 Å². The number of hydrogen-bond acceptors (Lipinski definition) is 3. The predicted molar refractivity (Wildman–Crippen MR) is 78.3 cm³/mol. The van der Waals surface area contributed by atoms with Crippen LogP contribution in [0.25, 0.3) is 0 Å². The van der Waals surface area contributed by atoms with Gasteiger partial charge in [0.1, 0.15) is 6.04 Å². The summed E-state index contributed by atoms with van der Waals surface area (Å²) in [6.45, 7) is 5.69. The van der Waals surface area contributed by atoms with Gasteiger partial charge < -0.3 is 15.5 Å². The molecule has 2 aliphatic rings. The average Bonchev–Trinajstić information content (AvgIpc) is 2.46. The Balaban J connectivity index is 1.93. The number of hydrogen-bond donors (Lipinski definition) is 2.